The molecular formula is C29H40N4O4. The fourth-order valence-electron chi connectivity index (χ4n) is 3.74. The first kappa shape index (κ1) is 29.6. The van der Waals surface area contributed by atoms with Gasteiger partial charge in [0.25, 0.3) is 0 Å². The molecule has 2 rings (SSSR count). The highest BCUT2D eigenvalue weighted by molar-refractivity contribution is 5.68. The third kappa shape index (κ3) is 7.67. The molecule has 0 aliphatic rings. The van der Waals surface area contributed by atoms with E-state index in [9.17, 15) is 9.59 Å². The van der Waals surface area contributed by atoms with Crippen molar-refractivity contribution in [2.75, 3.05) is 14.2 Å². The lowest BCUT2D eigenvalue weighted by atomic mass is 9.88. The minimum absolute atomic E-state index is 0.480. The molecule has 8 heteroatoms. The third-order valence-corrected chi connectivity index (χ3v) is 6.46. The van der Waals surface area contributed by atoms with E-state index in [1.165, 1.54) is 14.2 Å². The first-order valence-corrected chi connectivity index (χ1v) is 12.2. The second-order valence-electron chi connectivity index (χ2n) is 11.1. The van der Waals surface area contributed by atoms with Crippen molar-refractivity contribution in [2.24, 2.45) is 9.98 Å². The summed E-state index contributed by atoms with van der Waals surface area (Å²) in [7, 11) is 2.69. The molecule has 2 aromatic carbocycles. The molecule has 2 aromatic rings. The molecule has 0 unspecified atom stereocenters. The Labute approximate surface area is 220 Å². The summed E-state index contributed by atoms with van der Waals surface area (Å²) in [5, 5.41) is 5.69. The predicted molar refractivity (Wildman–Crippen MR) is 146 cm³/mol. The van der Waals surface area contributed by atoms with Crippen molar-refractivity contribution in [3.63, 3.8) is 0 Å². The van der Waals surface area contributed by atoms with Crippen LogP contribution in [0.15, 0.2) is 58.5 Å². The molecule has 0 aliphatic carbocycles. The Morgan fingerprint density at radius 2 is 1.05 bits per heavy atom. The van der Waals surface area contributed by atoms with E-state index in [-0.39, 0.29) is 0 Å². The van der Waals surface area contributed by atoms with Crippen molar-refractivity contribution in [3.8, 4) is 0 Å². The molecule has 0 bridgehead atoms. The smallest absolute Gasteiger partial charge is 0.407 e. The molecule has 0 saturated heterocycles. The Morgan fingerprint density at radius 3 is 1.54 bits per heavy atom. The Kier molecular flexibility index (Phi) is 8.94. The van der Waals surface area contributed by atoms with Gasteiger partial charge in [-0.3, -0.25) is 0 Å². The Morgan fingerprint density at radius 1 is 0.649 bits per heavy atom. The van der Waals surface area contributed by atoms with Gasteiger partial charge in [0.1, 0.15) is 0 Å². The van der Waals surface area contributed by atoms with E-state index in [2.05, 4.69) is 26.6 Å². The lowest BCUT2D eigenvalue weighted by molar-refractivity contribution is 0.158. The molecule has 2 amide bonds. The summed E-state index contributed by atoms with van der Waals surface area (Å²) in [5.74, 6) is 0. The van der Waals surface area contributed by atoms with Gasteiger partial charge in [-0.2, -0.15) is 0 Å². The number of rotatable bonds is 8. The molecule has 0 saturated carbocycles. The summed E-state index contributed by atoms with van der Waals surface area (Å²) in [4.78, 5) is 32.7. The van der Waals surface area contributed by atoms with Gasteiger partial charge in [-0.25, -0.2) is 19.6 Å². The molecule has 200 valence electrons. The lowest BCUT2D eigenvalue weighted by Crippen LogP contribution is -2.41. The monoisotopic (exact) mass is 508 g/mol. The molecule has 0 fully saturated rings. The first-order valence-electron chi connectivity index (χ1n) is 12.2. The summed E-state index contributed by atoms with van der Waals surface area (Å²) in [5.41, 5.74) is 1.47. The number of nitrogens with zero attached hydrogens (tertiary/aromatic N) is 2. The second-order valence-corrected chi connectivity index (χ2v) is 11.1. The normalized spacial score (nSPS) is 12.2. The number of carbonyl (C=O) groups excluding carboxylic acids is 2. The number of aliphatic imine (C=N–C) groups is 2. The number of benzene rings is 2. The fourth-order valence-corrected chi connectivity index (χ4v) is 3.74. The van der Waals surface area contributed by atoms with Gasteiger partial charge >= 0.3 is 12.2 Å². The molecule has 0 aromatic heterocycles. The highest BCUT2D eigenvalue weighted by Crippen LogP contribution is 2.30. The number of carbonyl (C=O) groups is 2. The molecule has 8 nitrogen and oxygen atoms in total. The van der Waals surface area contributed by atoms with Crippen LogP contribution in [0.25, 0.3) is 0 Å². The van der Waals surface area contributed by atoms with Gasteiger partial charge in [0, 0.05) is 0 Å². The van der Waals surface area contributed by atoms with Gasteiger partial charge in [-0.15, -0.1) is 0 Å². The van der Waals surface area contributed by atoms with Crippen LogP contribution < -0.4 is 10.6 Å². The molecule has 0 heterocycles. The zero-order valence-electron chi connectivity index (χ0n) is 23.6. The zero-order chi connectivity index (χ0) is 28.1. The van der Waals surface area contributed by atoms with Crippen LogP contribution in [0.3, 0.4) is 0 Å². The third-order valence-electron chi connectivity index (χ3n) is 6.46. The predicted octanol–water partition coefficient (Wildman–Crippen LogP) is 6.21. The van der Waals surface area contributed by atoms with Gasteiger partial charge in [0.05, 0.1) is 42.4 Å². The fraction of sp³-hybridized carbons (Fsp3) is 0.483. The quantitative estimate of drug-likeness (QED) is 0.414. The molecule has 0 atom stereocenters. The van der Waals surface area contributed by atoms with Crippen LogP contribution in [0, 0.1) is 0 Å². The van der Waals surface area contributed by atoms with Crippen LogP contribution in [0.4, 0.5) is 9.59 Å². The standard InChI is InChI=1S/C29H40N4O4/c1-26(2,20-14-16-21(17-15-20)28(5,6)32-24(34)36-9)30-19-31-27(3,4)22-12-11-13-23(18-22)29(7,8)33-25(35)37-10/h11-18H,1-10H3,(H,32,34)(H,33,35). The SMILES string of the molecule is COC(=O)NC(C)(C)c1ccc(C(C)(C)N=C=NC(C)(C)c2cccc(C(C)(C)NC(=O)OC)c2)cc1. The molecule has 0 aliphatic heterocycles. The van der Waals surface area contributed by atoms with E-state index in [4.69, 9.17) is 9.47 Å². The van der Waals surface area contributed by atoms with Crippen molar-refractivity contribution in [1.29, 1.82) is 0 Å². The van der Waals surface area contributed by atoms with E-state index in [1.807, 2.05) is 104 Å². The average molecular weight is 509 g/mol. The number of alkyl carbamates (subject to hydrolysis) is 2. The maximum Gasteiger partial charge on any atom is 0.407 e. The summed E-state index contributed by atoms with van der Waals surface area (Å²) < 4.78 is 9.48. The van der Waals surface area contributed by atoms with Crippen LogP contribution in [0.5, 0.6) is 0 Å². The summed E-state index contributed by atoms with van der Waals surface area (Å²) in [6.45, 7) is 15.6. The van der Waals surface area contributed by atoms with Crippen molar-refractivity contribution in [2.45, 2.75) is 77.5 Å². The van der Waals surface area contributed by atoms with Crippen LogP contribution in [0.1, 0.15) is 77.6 Å². The summed E-state index contributed by atoms with van der Waals surface area (Å²) in [6, 6.07) is 18.8. The number of hydrogen-bond acceptors (Lipinski definition) is 6. The minimum atomic E-state index is -0.619. The van der Waals surface area contributed by atoms with Crippen molar-refractivity contribution < 1.29 is 19.1 Å². The topological polar surface area (TPSA) is 101 Å². The van der Waals surface area contributed by atoms with Crippen molar-refractivity contribution >= 4 is 18.2 Å². The highest BCUT2D eigenvalue weighted by atomic mass is 16.5. The molecule has 2 N–H and O–H groups in total. The van der Waals surface area contributed by atoms with Crippen molar-refractivity contribution in [3.05, 3.63) is 70.8 Å². The molecular weight excluding hydrogens is 468 g/mol. The Bertz CT molecular complexity index is 1170. The lowest BCUT2D eigenvalue weighted by Gasteiger charge is -2.28. The molecule has 0 radical (unpaired) electrons. The van der Waals surface area contributed by atoms with Gasteiger partial charge in [-0.05, 0) is 77.6 Å². The van der Waals surface area contributed by atoms with Gasteiger partial charge in [-0.1, -0.05) is 48.5 Å². The second kappa shape index (κ2) is 11.2. The van der Waals surface area contributed by atoms with Crippen molar-refractivity contribution in [1.82, 2.24) is 10.6 Å². The average Bonchev–Trinajstić information content (AvgIpc) is 2.83. The highest BCUT2D eigenvalue weighted by Gasteiger charge is 2.27. The minimum Gasteiger partial charge on any atom is -0.453 e. The Balaban J connectivity index is 2.26. The van der Waals surface area contributed by atoms with Gasteiger partial charge in [0.15, 0.2) is 0 Å². The van der Waals surface area contributed by atoms with E-state index in [1.54, 1.807) is 0 Å². The first-order chi connectivity index (χ1) is 17.0. The number of methoxy groups -OCH3 is 2. The number of nitrogens with one attached hydrogen (secondary N) is 2. The van der Waals surface area contributed by atoms with Crippen LogP contribution in [-0.2, 0) is 31.6 Å². The van der Waals surface area contributed by atoms with Gasteiger partial charge in [0.2, 0.25) is 0 Å². The molecule has 0 spiro atoms. The van der Waals surface area contributed by atoms with Gasteiger partial charge < -0.3 is 20.1 Å². The maximum absolute atomic E-state index is 11.8. The Hall–Kier alpha value is -3.64. The van der Waals surface area contributed by atoms with E-state index < -0.39 is 34.3 Å². The summed E-state index contributed by atoms with van der Waals surface area (Å²) >= 11 is 0. The zero-order valence-corrected chi connectivity index (χ0v) is 23.6. The van der Waals surface area contributed by atoms with Crippen LogP contribution >= 0.6 is 0 Å². The van der Waals surface area contributed by atoms with Crippen LogP contribution in [0.2, 0.25) is 0 Å². The number of hydrogen-bond donors (Lipinski definition) is 2. The number of ether oxygens (including phenoxy) is 2. The van der Waals surface area contributed by atoms with E-state index >= 15 is 0 Å². The molecule has 37 heavy (non-hydrogen) atoms. The van der Waals surface area contributed by atoms with E-state index in [0.29, 0.717) is 0 Å². The largest absolute Gasteiger partial charge is 0.453 e. The summed E-state index contributed by atoms with van der Waals surface area (Å²) in [6.07, 6.45) is -0.968. The maximum atomic E-state index is 11.8. The van der Waals surface area contributed by atoms with E-state index in [0.717, 1.165) is 22.3 Å². The van der Waals surface area contributed by atoms with Crippen LogP contribution in [-0.4, -0.2) is 32.4 Å². The number of amides is 2.